The number of nitrogens with zero attached hydrogens (tertiary/aromatic N) is 1. The molecule has 0 spiro atoms. The van der Waals surface area contributed by atoms with Crippen molar-refractivity contribution in [1.82, 2.24) is 4.98 Å². The highest BCUT2D eigenvalue weighted by Gasteiger charge is 2.01. The quantitative estimate of drug-likeness (QED) is 0.612. The normalized spacial score (nSPS) is 11.3. The summed E-state index contributed by atoms with van der Waals surface area (Å²) in [7, 11) is -2.89. The summed E-state index contributed by atoms with van der Waals surface area (Å²) in [5.41, 5.74) is 0. The zero-order valence-corrected chi connectivity index (χ0v) is 10.7. The molecule has 1 aromatic rings. The standard InChI is InChI=1S/C9H12BrNO3S/c1-15(12,13)6-2-5-14-8-3-4-9(10)11-7-8/h3-4,7H,2,5-6H2,1H3. The van der Waals surface area contributed by atoms with E-state index in [0.29, 0.717) is 18.8 Å². The molecule has 0 saturated heterocycles. The lowest BCUT2D eigenvalue weighted by atomic mass is 10.4. The van der Waals surface area contributed by atoms with E-state index in [1.54, 1.807) is 18.3 Å². The Kier molecular flexibility index (Phi) is 4.53. The predicted molar refractivity (Wildman–Crippen MR) is 61.8 cm³/mol. The summed E-state index contributed by atoms with van der Waals surface area (Å²) in [6.07, 6.45) is 3.30. The molecule has 6 heteroatoms. The predicted octanol–water partition coefficient (Wildman–Crippen LogP) is 1.66. The SMILES string of the molecule is CS(=O)(=O)CCCOc1ccc(Br)nc1. The first-order valence-electron chi connectivity index (χ1n) is 4.39. The maximum Gasteiger partial charge on any atom is 0.147 e. The molecule has 0 bridgehead atoms. The van der Waals surface area contributed by atoms with E-state index in [9.17, 15) is 8.42 Å². The molecule has 0 unspecified atom stereocenters. The van der Waals surface area contributed by atoms with Crippen LogP contribution in [0.5, 0.6) is 5.75 Å². The first-order chi connectivity index (χ1) is 6.97. The van der Waals surface area contributed by atoms with Crippen molar-refractivity contribution in [1.29, 1.82) is 0 Å². The fourth-order valence-corrected chi connectivity index (χ4v) is 1.84. The van der Waals surface area contributed by atoms with Crippen LogP contribution in [0.2, 0.25) is 0 Å². The Morgan fingerprint density at radius 2 is 2.20 bits per heavy atom. The van der Waals surface area contributed by atoms with Gasteiger partial charge in [0.1, 0.15) is 20.2 Å². The summed E-state index contributed by atoms with van der Waals surface area (Å²) in [5, 5.41) is 0. The molecule has 0 radical (unpaired) electrons. The van der Waals surface area contributed by atoms with E-state index in [1.165, 1.54) is 6.26 Å². The second-order valence-electron chi connectivity index (χ2n) is 3.15. The van der Waals surface area contributed by atoms with Crippen LogP contribution in [-0.2, 0) is 9.84 Å². The molecule has 84 valence electrons. The lowest BCUT2D eigenvalue weighted by molar-refractivity contribution is 0.316. The number of rotatable bonds is 5. The average molecular weight is 294 g/mol. The minimum absolute atomic E-state index is 0.150. The van der Waals surface area contributed by atoms with Crippen LogP contribution in [0.4, 0.5) is 0 Å². The van der Waals surface area contributed by atoms with Crippen LogP contribution < -0.4 is 4.74 Å². The molecular weight excluding hydrogens is 282 g/mol. The summed E-state index contributed by atoms with van der Waals surface area (Å²) >= 11 is 3.21. The Morgan fingerprint density at radius 1 is 1.47 bits per heavy atom. The van der Waals surface area contributed by atoms with Gasteiger partial charge in [-0.1, -0.05) is 0 Å². The number of ether oxygens (including phenoxy) is 1. The van der Waals surface area contributed by atoms with Gasteiger partial charge in [-0.05, 0) is 34.5 Å². The lowest BCUT2D eigenvalue weighted by Gasteiger charge is -2.04. The molecule has 1 aromatic heterocycles. The highest BCUT2D eigenvalue weighted by molar-refractivity contribution is 9.10. The molecule has 0 atom stereocenters. The van der Waals surface area contributed by atoms with E-state index in [4.69, 9.17) is 4.74 Å². The summed E-state index contributed by atoms with van der Waals surface area (Å²) in [6, 6.07) is 3.55. The van der Waals surface area contributed by atoms with Crippen molar-refractivity contribution in [3.8, 4) is 5.75 Å². The highest BCUT2D eigenvalue weighted by atomic mass is 79.9. The molecular formula is C9H12BrNO3S. The Balaban J connectivity index is 2.29. The van der Waals surface area contributed by atoms with Gasteiger partial charge in [-0.3, -0.25) is 0 Å². The fourth-order valence-electron chi connectivity index (χ4n) is 0.959. The van der Waals surface area contributed by atoms with Gasteiger partial charge in [0.15, 0.2) is 0 Å². The zero-order valence-electron chi connectivity index (χ0n) is 8.31. The third kappa shape index (κ3) is 5.74. The minimum atomic E-state index is -2.89. The largest absolute Gasteiger partial charge is 0.492 e. The van der Waals surface area contributed by atoms with Crippen LogP contribution in [0.1, 0.15) is 6.42 Å². The molecule has 4 nitrogen and oxygen atoms in total. The van der Waals surface area contributed by atoms with E-state index < -0.39 is 9.84 Å². The van der Waals surface area contributed by atoms with E-state index in [-0.39, 0.29) is 5.75 Å². The number of pyridine rings is 1. The lowest BCUT2D eigenvalue weighted by Crippen LogP contribution is -2.08. The van der Waals surface area contributed by atoms with Crippen molar-refractivity contribution < 1.29 is 13.2 Å². The number of aromatic nitrogens is 1. The maximum absolute atomic E-state index is 10.8. The molecule has 0 aliphatic heterocycles. The molecule has 1 rings (SSSR count). The molecule has 0 aliphatic rings. The smallest absolute Gasteiger partial charge is 0.147 e. The number of halogens is 1. The van der Waals surface area contributed by atoms with E-state index in [0.717, 1.165) is 4.60 Å². The van der Waals surface area contributed by atoms with Crippen LogP contribution in [0, 0.1) is 0 Å². The second-order valence-corrected chi connectivity index (χ2v) is 6.22. The van der Waals surface area contributed by atoms with Gasteiger partial charge in [0.25, 0.3) is 0 Å². The topological polar surface area (TPSA) is 56.3 Å². The number of sulfone groups is 1. The van der Waals surface area contributed by atoms with Gasteiger partial charge in [0, 0.05) is 6.26 Å². The Morgan fingerprint density at radius 3 is 2.73 bits per heavy atom. The van der Waals surface area contributed by atoms with Crippen LogP contribution in [0.25, 0.3) is 0 Å². The summed E-state index contributed by atoms with van der Waals surface area (Å²) in [5.74, 6) is 0.795. The van der Waals surface area contributed by atoms with Crippen molar-refractivity contribution in [2.75, 3.05) is 18.6 Å². The monoisotopic (exact) mass is 293 g/mol. The molecule has 0 saturated carbocycles. The molecule has 1 heterocycles. The fraction of sp³-hybridized carbons (Fsp3) is 0.444. The van der Waals surface area contributed by atoms with Gasteiger partial charge in [-0.15, -0.1) is 0 Å². The Bertz CT molecular complexity index is 402. The van der Waals surface area contributed by atoms with Crippen LogP contribution in [-0.4, -0.2) is 32.0 Å². The summed E-state index contributed by atoms with van der Waals surface area (Å²) < 4.78 is 27.7. The molecule has 0 fully saturated rings. The van der Waals surface area contributed by atoms with Gasteiger partial charge in [0.2, 0.25) is 0 Å². The van der Waals surface area contributed by atoms with Crippen LogP contribution >= 0.6 is 15.9 Å². The third-order valence-corrected chi connectivity index (χ3v) is 3.13. The maximum atomic E-state index is 10.8. The van der Waals surface area contributed by atoms with Crippen molar-refractivity contribution in [2.45, 2.75) is 6.42 Å². The van der Waals surface area contributed by atoms with Gasteiger partial charge in [-0.2, -0.15) is 0 Å². The van der Waals surface area contributed by atoms with Crippen molar-refractivity contribution >= 4 is 25.8 Å². The molecule has 0 aromatic carbocycles. The molecule has 15 heavy (non-hydrogen) atoms. The van der Waals surface area contributed by atoms with Crippen LogP contribution in [0.3, 0.4) is 0 Å². The van der Waals surface area contributed by atoms with Gasteiger partial charge >= 0.3 is 0 Å². The van der Waals surface area contributed by atoms with Crippen molar-refractivity contribution in [3.05, 3.63) is 22.9 Å². The van der Waals surface area contributed by atoms with Crippen LogP contribution in [0.15, 0.2) is 22.9 Å². The zero-order chi connectivity index (χ0) is 11.3. The molecule has 0 amide bonds. The van der Waals surface area contributed by atoms with E-state index in [1.807, 2.05) is 0 Å². The first kappa shape index (κ1) is 12.4. The Labute approximate surface area is 97.7 Å². The molecule has 0 aliphatic carbocycles. The number of hydrogen-bond donors (Lipinski definition) is 0. The third-order valence-electron chi connectivity index (χ3n) is 1.63. The van der Waals surface area contributed by atoms with Crippen molar-refractivity contribution in [2.24, 2.45) is 0 Å². The average Bonchev–Trinajstić information content (AvgIpc) is 2.14. The Hall–Kier alpha value is -0.620. The number of hydrogen-bond acceptors (Lipinski definition) is 4. The van der Waals surface area contributed by atoms with E-state index >= 15 is 0 Å². The highest BCUT2D eigenvalue weighted by Crippen LogP contribution is 2.12. The first-order valence-corrected chi connectivity index (χ1v) is 7.25. The molecule has 0 N–H and O–H groups in total. The second kappa shape index (κ2) is 5.46. The van der Waals surface area contributed by atoms with Gasteiger partial charge in [0.05, 0.1) is 18.6 Å². The van der Waals surface area contributed by atoms with E-state index in [2.05, 4.69) is 20.9 Å². The summed E-state index contributed by atoms with van der Waals surface area (Å²) in [6.45, 7) is 0.385. The minimum Gasteiger partial charge on any atom is -0.492 e. The summed E-state index contributed by atoms with van der Waals surface area (Å²) in [4.78, 5) is 3.98. The van der Waals surface area contributed by atoms with Gasteiger partial charge < -0.3 is 4.74 Å². The van der Waals surface area contributed by atoms with Crippen molar-refractivity contribution in [3.63, 3.8) is 0 Å². The van der Waals surface area contributed by atoms with Gasteiger partial charge in [-0.25, -0.2) is 13.4 Å².